The lowest BCUT2D eigenvalue weighted by atomic mass is 10.2. The number of hydrogen-bond donors (Lipinski definition) is 3. The van der Waals surface area contributed by atoms with Gasteiger partial charge >= 0.3 is 0 Å². The first-order chi connectivity index (χ1) is 7.08. The van der Waals surface area contributed by atoms with Gasteiger partial charge in [0.05, 0.1) is 6.61 Å². The number of piperazine rings is 1. The van der Waals surface area contributed by atoms with Crippen molar-refractivity contribution in [1.29, 1.82) is 0 Å². The van der Waals surface area contributed by atoms with Crippen LogP contribution in [0.25, 0.3) is 0 Å². The van der Waals surface area contributed by atoms with Gasteiger partial charge in [-0.15, -0.1) is 0 Å². The summed E-state index contributed by atoms with van der Waals surface area (Å²) in [6.45, 7) is 13.9. The molecule has 3 N–H and O–H groups in total. The fourth-order valence-electron chi connectivity index (χ4n) is 0.842. The smallest absolute Gasteiger partial charge is 0.0597 e. The largest absolute Gasteiger partial charge is 0.395 e. The lowest BCUT2D eigenvalue weighted by Gasteiger charge is -2.21. The van der Waals surface area contributed by atoms with Crippen molar-refractivity contribution in [3.8, 4) is 0 Å². The van der Waals surface area contributed by atoms with Crippen molar-refractivity contribution < 1.29 is 5.11 Å². The fourth-order valence-corrected chi connectivity index (χ4v) is 0.842. The summed E-state index contributed by atoms with van der Waals surface area (Å²) in [6, 6.07) is 0.281. The zero-order chi connectivity index (χ0) is 12.1. The van der Waals surface area contributed by atoms with Crippen LogP contribution in [-0.4, -0.2) is 37.4 Å². The molecule has 0 aromatic heterocycles. The third-order valence-corrected chi connectivity index (χ3v) is 1.35. The average Bonchev–Trinajstić information content (AvgIpc) is 2.19. The normalized spacial score (nSPS) is 19.8. The van der Waals surface area contributed by atoms with Crippen molar-refractivity contribution in [2.45, 2.75) is 47.1 Å². The second kappa shape index (κ2) is 13.9. The molecule has 0 bridgehead atoms. The second-order valence-corrected chi connectivity index (χ2v) is 4.48. The molecule has 1 aliphatic heterocycles. The lowest BCUT2D eigenvalue weighted by Crippen LogP contribution is -2.49. The van der Waals surface area contributed by atoms with Gasteiger partial charge in [-0.05, 0) is 5.92 Å². The van der Waals surface area contributed by atoms with E-state index in [-0.39, 0.29) is 12.6 Å². The zero-order valence-electron chi connectivity index (χ0n) is 11.1. The van der Waals surface area contributed by atoms with Crippen molar-refractivity contribution in [3.05, 3.63) is 0 Å². The van der Waals surface area contributed by atoms with Crippen LogP contribution < -0.4 is 10.6 Å². The monoisotopic (exact) mass is 218 g/mol. The Hall–Kier alpha value is -0.120. The van der Waals surface area contributed by atoms with Crippen LogP contribution in [0.15, 0.2) is 0 Å². The molecule has 94 valence electrons. The first kappa shape index (κ1) is 17.3. The molecule has 3 heteroatoms. The van der Waals surface area contributed by atoms with E-state index in [1.54, 1.807) is 0 Å². The summed E-state index contributed by atoms with van der Waals surface area (Å²) in [6.07, 6.45) is 1.25. The molecular formula is C12H30N2O. The first-order valence-corrected chi connectivity index (χ1v) is 6.13. The maximum atomic E-state index is 8.59. The minimum atomic E-state index is 0.243. The van der Waals surface area contributed by atoms with Crippen LogP contribution in [0.5, 0.6) is 0 Å². The van der Waals surface area contributed by atoms with E-state index in [0.29, 0.717) is 0 Å². The van der Waals surface area contributed by atoms with Gasteiger partial charge in [0.25, 0.3) is 0 Å². The third kappa shape index (κ3) is 20.1. The van der Waals surface area contributed by atoms with Crippen molar-refractivity contribution in [1.82, 2.24) is 10.6 Å². The summed E-state index contributed by atoms with van der Waals surface area (Å²) >= 11 is 0. The van der Waals surface area contributed by atoms with Gasteiger partial charge in [0.1, 0.15) is 0 Å². The summed E-state index contributed by atoms with van der Waals surface area (Å²) in [5.74, 6) is 0.833. The van der Waals surface area contributed by atoms with Crippen molar-refractivity contribution in [3.63, 3.8) is 0 Å². The number of hydrogen-bond acceptors (Lipinski definition) is 3. The van der Waals surface area contributed by atoms with Crippen LogP contribution in [0.1, 0.15) is 41.0 Å². The molecule has 1 unspecified atom stereocenters. The molecule has 1 fully saturated rings. The molecule has 0 amide bonds. The van der Waals surface area contributed by atoms with Crippen molar-refractivity contribution >= 4 is 0 Å². The highest BCUT2D eigenvalue weighted by Crippen LogP contribution is 1.82. The molecule has 0 radical (unpaired) electrons. The molecule has 1 aliphatic rings. The van der Waals surface area contributed by atoms with Gasteiger partial charge in [-0.25, -0.2) is 0 Å². The molecule has 1 atom stereocenters. The minimum absolute atomic E-state index is 0.243. The van der Waals surface area contributed by atoms with Crippen LogP contribution in [0, 0.1) is 5.92 Å². The maximum absolute atomic E-state index is 8.59. The van der Waals surface area contributed by atoms with Gasteiger partial charge in [0.15, 0.2) is 0 Å². The highest BCUT2D eigenvalue weighted by Gasteiger charge is 2.08. The lowest BCUT2D eigenvalue weighted by molar-refractivity contribution is 0.227. The number of aliphatic hydroxyl groups excluding tert-OH is 1. The van der Waals surface area contributed by atoms with E-state index in [9.17, 15) is 0 Å². The Balaban J connectivity index is 0. The Kier molecular flexibility index (Phi) is 16.0. The molecule has 0 spiro atoms. The van der Waals surface area contributed by atoms with Crippen LogP contribution in [-0.2, 0) is 0 Å². The van der Waals surface area contributed by atoms with Crippen molar-refractivity contribution in [2.75, 3.05) is 26.2 Å². The quantitative estimate of drug-likeness (QED) is 0.626. The molecule has 1 rings (SSSR count). The van der Waals surface area contributed by atoms with Gasteiger partial charge in [-0.2, -0.15) is 0 Å². The van der Waals surface area contributed by atoms with Crippen LogP contribution >= 0.6 is 0 Å². The van der Waals surface area contributed by atoms with Gasteiger partial charge in [0, 0.05) is 25.7 Å². The predicted octanol–water partition coefficient (Wildman–Crippen LogP) is 1.62. The number of rotatable bonds is 1. The molecule has 0 aromatic rings. The highest BCUT2D eigenvalue weighted by atomic mass is 16.3. The van der Waals surface area contributed by atoms with Gasteiger partial charge < -0.3 is 15.7 Å². The Morgan fingerprint density at radius 2 is 1.67 bits per heavy atom. The van der Waals surface area contributed by atoms with Gasteiger partial charge in [-0.1, -0.05) is 41.0 Å². The Bertz CT molecular complexity index is 99.0. The fraction of sp³-hybridized carbons (Fsp3) is 1.00. The number of aliphatic hydroxyl groups is 1. The zero-order valence-corrected chi connectivity index (χ0v) is 11.1. The molecule has 15 heavy (non-hydrogen) atoms. The standard InChI is InChI=1S/C5H12N2O.C4H10.C3H8/c8-4-5-3-6-1-2-7-5;1-4(2)3;1-3-2/h5-8H,1-4H2;4H,1-3H3;3H2,1-2H3. The van der Waals surface area contributed by atoms with E-state index < -0.39 is 0 Å². The molecular weight excluding hydrogens is 188 g/mol. The maximum Gasteiger partial charge on any atom is 0.0597 e. The van der Waals surface area contributed by atoms with Gasteiger partial charge in [0.2, 0.25) is 0 Å². The Morgan fingerprint density at radius 3 is 1.87 bits per heavy atom. The summed E-state index contributed by atoms with van der Waals surface area (Å²) in [7, 11) is 0. The van der Waals surface area contributed by atoms with E-state index in [2.05, 4.69) is 45.3 Å². The molecule has 1 saturated heterocycles. The highest BCUT2D eigenvalue weighted by molar-refractivity contribution is 4.73. The second-order valence-electron chi connectivity index (χ2n) is 4.48. The van der Waals surface area contributed by atoms with E-state index in [1.165, 1.54) is 6.42 Å². The minimum Gasteiger partial charge on any atom is -0.395 e. The number of nitrogens with one attached hydrogen (secondary N) is 2. The first-order valence-electron chi connectivity index (χ1n) is 6.13. The van der Waals surface area contributed by atoms with E-state index in [4.69, 9.17) is 5.11 Å². The molecule has 0 saturated carbocycles. The van der Waals surface area contributed by atoms with Crippen LogP contribution in [0.3, 0.4) is 0 Å². The molecule has 0 aliphatic carbocycles. The summed E-state index contributed by atoms with van der Waals surface area (Å²) in [5.41, 5.74) is 0. The van der Waals surface area contributed by atoms with E-state index in [0.717, 1.165) is 25.6 Å². The van der Waals surface area contributed by atoms with Crippen molar-refractivity contribution in [2.24, 2.45) is 5.92 Å². The van der Waals surface area contributed by atoms with Gasteiger partial charge in [-0.3, -0.25) is 0 Å². The Morgan fingerprint density at radius 1 is 1.20 bits per heavy atom. The van der Waals surface area contributed by atoms with E-state index in [1.807, 2.05) is 0 Å². The molecule has 1 heterocycles. The topological polar surface area (TPSA) is 44.3 Å². The predicted molar refractivity (Wildman–Crippen MR) is 68.2 cm³/mol. The SMILES string of the molecule is CC(C)C.CCC.OCC1CNCCN1. The molecule has 0 aromatic carbocycles. The Labute approximate surface area is 95.7 Å². The summed E-state index contributed by atoms with van der Waals surface area (Å²) in [4.78, 5) is 0. The summed E-state index contributed by atoms with van der Waals surface area (Å²) < 4.78 is 0. The molecule has 3 nitrogen and oxygen atoms in total. The van der Waals surface area contributed by atoms with E-state index >= 15 is 0 Å². The van der Waals surface area contributed by atoms with Crippen LogP contribution in [0.4, 0.5) is 0 Å². The average molecular weight is 218 g/mol. The summed E-state index contributed by atoms with van der Waals surface area (Å²) in [5, 5.41) is 14.9. The van der Waals surface area contributed by atoms with Crippen LogP contribution in [0.2, 0.25) is 0 Å². The third-order valence-electron chi connectivity index (χ3n) is 1.35.